The highest BCUT2D eigenvalue weighted by Crippen LogP contribution is 2.23. The van der Waals surface area contributed by atoms with Gasteiger partial charge < -0.3 is 5.32 Å². The molecule has 0 spiro atoms. The van der Waals surface area contributed by atoms with Crippen molar-refractivity contribution in [1.29, 1.82) is 0 Å². The number of aryl methyl sites for hydroxylation is 3. The first-order valence-electron chi connectivity index (χ1n) is 6.15. The number of benzene rings is 1. The third kappa shape index (κ3) is 2.57. The fraction of sp³-hybridized carbons (Fsp3) is 0.333. The second-order valence-electron chi connectivity index (χ2n) is 4.66. The minimum atomic E-state index is 0.0954. The first-order valence-corrected chi connectivity index (χ1v) is 6.15. The van der Waals surface area contributed by atoms with Crippen molar-refractivity contribution in [2.45, 2.75) is 26.8 Å². The number of hydrogen-bond donors (Lipinski definition) is 1. The van der Waals surface area contributed by atoms with Gasteiger partial charge in [-0.1, -0.05) is 23.8 Å². The van der Waals surface area contributed by atoms with E-state index in [1.807, 2.05) is 26.4 Å². The van der Waals surface area contributed by atoms with Crippen LogP contribution in [0.25, 0.3) is 0 Å². The van der Waals surface area contributed by atoms with Crippen molar-refractivity contribution in [3.05, 3.63) is 58.7 Å². The van der Waals surface area contributed by atoms with Gasteiger partial charge in [-0.05, 0) is 38.9 Å². The molecule has 1 N–H and O–H groups in total. The Labute approximate surface area is 108 Å². The number of nitrogens with one attached hydrogen (secondary N) is 1. The Balaban J connectivity index is 2.44. The number of nitrogens with zero attached hydrogens (tertiary/aromatic N) is 2. The summed E-state index contributed by atoms with van der Waals surface area (Å²) in [7, 11) is 1.95. The molecule has 0 aliphatic rings. The first-order chi connectivity index (χ1) is 8.61. The molecule has 0 saturated heterocycles. The molecule has 1 aromatic heterocycles. The van der Waals surface area contributed by atoms with Crippen LogP contribution in [0.4, 0.5) is 0 Å². The molecule has 1 unspecified atom stereocenters. The molecule has 2 aromatic rings. The van der Waals surface area contributed by atoms with Crippen LogP contribution in [0.3, 0.4) is 0 Å². The van der Waals surface area contributed by atoms with Gasteiger partial charge in [0.05, 0.1) is 23.6 Å². The van der Waals surface area contributed by atoms with Crippen molar-refractivity contribution in [2.75, 3.05) is 7.05 Å². The van der Waals surface area contributed by atoms with Crippen LogP contribution in [0, 0.1) is 20.8 Å². The van der Waals surface area contributed by atoms with E-state index in [4.69, 9.17) is 0 Å². The molecule has 0 amide bonds. The minimum Gasteiger partial charge on any atom is -0.308 e. The smallest absolute Gasteiger partial charge is 0.0801 e. The lowest BCUT2D eigenvalue weighted by Crippen LogP contribution is -2.20. The first kappa shape index (κ1) is 12.7. The Kier molecular flexibility index (Phi) is 3.72. The van der Waals surface area contributed by atoms with Gasteiger partial charge in [-0.25, -0.2) is 0 Å². The van der Waals surface area contributed by atoms with E-state index in [1.54, 1.807) is 0 Å². The number of hydrogen-bond acceptors (Lipinski definition) is 3. The molecule has 18 heavy (non-hydrogen) atoms. The molecule has 3 nitrogen and oxygen atoms in total. The zero-order valence-electron chi connectivity index (χ0n) is 11.4. The van der Waals surface area contributed by atoms with Crippen molar-refractivity contribution in [2.24, 2.45) is 0 Å². The topological polar surface area (TPSA) is 37.8 Å². The second-order valence-corrected chi connectivity index (χ2v) is 4.66. The fourth-order valence-corrected chi connectivity index (χ4v) is 2.09. The summed E-state index contributed by atoms with van der Waals surface area (Å²) in [5, 5.41) is 3.32. The fourth-order valence-electron chi connectivity index (χ4n) is 2.09. The van der Waals surface area contributed by atoms with Crippen molar-refractivity contribution >= 4 is 0 Å². The average molecular weight is 241 g/mol. The highest BCUT2D eigenvalue weighted by atomic mass is 14.9. The summed E-state index contributed by atoms with van der Waals surface area (Å²) in [5.41, 5.74) is 5.68. The highest BCUT2D eigenvalue weighted by molar-refractivity contribution is 5.36. The molecule has 1 atom stereocenters. The normalized spacial score (nSPS) is 12.4. The van der Waals surface area contributed by atoms with Crippen LogP contribution in [0.1, 0.15) is 34.1 Å². The lowest BCUT2D eigenvalue weighted by atomic mass is 9.97. The summed E-state index contributed by atoms with van der Waals surface area (Å²) < 4.78 is 0. The Morgan fingerprint density at radius 2 is 1.83 bits per heavy atom. The van der Waals surface area contributed by atoms with Gasteiger partial charge in [0.15, 0.2) is 0 Å². The molecular weight excluding hydrogens is 222 g/mol. The maximum atomic E-state index is 4.47. The predicted molar refractivity (Wildman–Crippen MR) is 73.6 cm³/mol. The van der Waals surface area contributed by atoms with Gasteiger partial charge in [-0.2, -0.15) is 0 Å². The third-order valence-corrected chi connectivity index (χ3v) is 3.13. The molecule has 0 aliphatic heterocycles. The van der Waals surface area contributed by atoms with Gasteiger partial charge in [0, 0.05) is 6.20 Å². The molecule has 3 heteroatoms. The Hall–Kier alpha value is -1.74. The monoisotopic (exact) mass is 241 g/mol. The molecule has 1 heterocycles. The van der Waals surface area contributed by atoms with Gasteiger partial charge in [0.2, 0.25) is 0 Å². The van der Waals surface area contributed by atoms with Crippen LogP contribution >= 0.6 is 0 Å². The second kappa shape index (κ2) is 5.27. The maximum absolute atomic E-state index is 4.47. The van der Waals surface area contributed by atoms with E-state index in [2.05, 4.69) is 47.3 Å². The van der Waals surface area contributed by atoms with Crippen LogP contribution < -0.4 is 5.32 Å². The van der Waals surface area contributed by atoms with Crippen LogP contribution in [0.15, 0.2) is 30.6 Å². The molecule has 0 bridgehead atoms. The van der Waals surface area contributed by atoms with Crippen LogP contribution in [0.2, 0.25) is 0 Å². The summed E-state index contributed by atoms with van der Waals surface area (Å²) in [5.74, 6) is 0. The molecule has 0 saturated carbocycles. The number of rotatable bonds is 3. The lowest BCUT2D eigenvalue weighted by Gasteiger charge is -2.18. The van der Waals surface area contributed by atoms with E-state index < -0.39 is 0 Å². The maximum Gasteiger partial charge on any atom is 0.0801 e. The summed E-state index contributed by atoms with van der Waals surface area (Å²) >= 11 is 0. The van der Waals surface area contributed by atoms with Crippen LogP contribution in [0.5, 0.6) is 0 Å². The standard InChI is InChI=1S/C15H19N3/c1-10-5-6-11(2)13(7-10)15(16-4)14-9-17-12(3)8-18-14/h5-9,15-16H,1-4H3. The van der Waals surface area contributed by atoms with Crippen LogP contribution in [-0.4, -0.2) is 17.0 Å². The zero-order valence-corrected chi connectivity index (χ0v) is 11.4. The van der Waals surface area contributed by atoms with E-state index in [0.29, 0.717) is 0 Å². The average Bonchev–Trinajstić information content (AvgIpc) is 2.37. The summed E-state index contributed by atoms with van der Waals surface area (Å²) in [6.45, 7) is 6.18. The third-order valence-electron chi connectivity index (χ3n) is 3.13. The Morgan fingerprint density at radius 1 is 1.06 bits per heavy atom. The molecule has 0 radical (unpaired) electrons. The quantitative estimate of drug-likeness (QED) is 0.897. The van der Waals surface area contributed by atoms with Gasteiger partial charge in [0.1, 0.15) is 0 Å². The van der Waals surface area contributed by atoms with E-state index >= 15 is 0 Å². The summed E-state index contributed by atoms with van der Waals surface area (Å²) in [6.07, 6.45) is 3.66. The van der Waals surface area contributed by atoms with Gasteiger partial charge in [0.25, 0.3) is 0 Å². The van der Waals surface area contributed by atoms with E-state index in [-0.39, 0.29) is 6.04 Å². The van der Waals surface area contributed by atoms with Gasteiger partial charge in [-0.3, -0.25) is 9.97 Å². The minimum absolute atomic E-state index is 0.0954. The molecule has 1 aromatic carbocycles. The van der Waals surface area contributed by atoms with Crippen molar-refractivity contribution in [1.82, 2.24) is 15.3 Å². The van der Waals surface area contributed by atoms with E-state index in [0.717, 1.165) is 11.4 Å². The number of aromatic nitrogens is 2. The predicted octanol–water partition coefficient (Wildman–Crippen LogP) is 2.71. The zero-order chi connectivity index (χ0) is 13.1. The molecule has 0 aliphatic carbocycles. The lowest BCUT2D eigenvalue weighted by molar-refractivity contribution is 0.661. The van der Waals surface area contributed by atoms with Crippen molar-refractivity contribution < 1.29 is 0 Å². The Morgan fingerprint density at radius 3 is 2.44 bits per heavy atom. The van der Waals surface area contributed by atoms with E-state index in [9.17, 15) is 0 Å². The van der Waals surface area contributed by atoms with Gasteiger partial charge in [-0.15, -0.1) is 0 Å². The Bertz CT molecular complexity index is 532. The highest BCUT2D eigenvalue weighted by Gasteiger charge is 2.15. The SMILES string of the molecule is CNC(c1cnc(C)cn1)c1cc(C)ccc1C. The summed E-state index contributed by atoms with van der Waals surface area (Å²) in [6, 6.07) is 6.58. The molecule has 0 fully saturated rings. The van der Waals surface area contributed by atoms with E-state index in [1.165, 1.54) is 16.7 Å². The molecular formula is C15H19N3. The summed E-state index contributed by atoms with van der Waals surface area (Å²) in [4.78, 5) is 8.79. The van der Waals surface area contributed by atoms with Crippen molar-refractivity contribution in [3.63, 3.8) is 0 Å². The largest absolute Gasteiger partial charge is 0.308 e. The van der Waals surface area contributed by atoms with Crippen molar-refractivity contribution in [3.8, 4) is 0 Å². The molecule has 94 valence electrons. The molecule has 2 rings (SSSR count). The van der Waals surface area contributed by atoms with Gasteiger partial charge >= 0.3 is 0 Å². The van der Waals surface area contributed by atoms with Crippen LogP contribution in [-0.2, 0) is 0 Å².